The van der Waals surface area contributed by atoms with E-state index in [9.17, 15) is 18.0 Å². The largest absolute Gasteiger partial charge is 0.355 e. The van der Waals surface area contributed by atoms with Crippen LogP contribution in [0.1, 0.15) is 43.5 Å². The highest BCUT2D eigenvalue weighted by atomic mass is 32.2. The minimum absolute atomic E-state index is 0.106. The van der Waals surface area contributed by atoms with Crippen molar-refractivity contribution in [3.8, 4) is 0 Å². The van der Waals surface area contributed by atoms with Crippen molar-refractivity contribution >= 4 is 21.8 Å². The summed E-state index contributed by atoms with van der Waals surface area (Å²) in [5, 5.41) is 5.28. The highest BCUT2D eigenvalue weighted by Gasteiger charge is 2.27. The maximum atomic E-state index is 12.5. The first kappa shape index (κ1) is 20.4. The van der Waals surface area contributed by atoms with E-state index in [2.05, 4.69) is 24.5 Å². The van der Waals surface area contributed by atoms with Crippen LogP contribution in [0.2, 0.25) is 0 Å². The Bertz CT molecular complexity index is 723. The molecule has 7 nitrogen and oxygen atoms in total. The van der Waals surface area contributed by atoms with E-state index in [-0.39, 0.29) is 17.3 Å². The first-order valence-electron chi connectivity index (χ1n) is 8.96. The van der Waals surface area contributed by atoms with E-state index >= 15 is 0 Å². The van der Waals surface area contributed by atoms with Gasteiger partial charge in [0.05, 0.1) is 11.4 Å². The van der Waals surface area contributed by atoms with Gasteiger partial charge in [-0.25, -0.2) is 8.42 Å². The Balaban J connectivity index is 1.87. The SMILES string of the molecule is CC(C)CCNC(=O)CNC(=O)c1ccc(S(=O)(=O)N2CCCC2)cc1. The third-order valence-electron chi connectivity index (χ3n) is 4.27. The second-order valence-corrected chi connectivity index (χ2v) is 8.79. The van der Waals surface area contributed by atoms with Crippen molar-refractivity contribution in [1.82, 2.24) is 14.9 Å². The molecule has 1 aliphatic heterocycles. The topological polar surface area (TPSA) is 95.6 Å². The van der Waals surface area contributed by atoms with Gasteiger partial charge in [0.25, 0.3) is 5.91 Å². The van der Waals surface area contributed by atoms with Crippen molar-refractivity contribution in [3.05, 3.63) is 29.8 Å². The summed E-state index contributed by atoms with van der Waals surface area (Å²) in [6.07, 6.45) is 2.63. The number of carbonyl (C=O) groups excluding carboxylic acids is 2. The average Bonchev–Trinajstić information content (AvgIpc) is 3.15. The molecule has 0 aromatic heterocycles. The molecule has 2 rings (SSSR count). The molecule has 1 aliphatic rings. The van der Waals surface area contributed by atoms with E-state index in [1.807, 2.05) is 0 Å². The van der Waals surface area contributed by atoms with Crippen LogP contribution in [0, 0.1) is 5.92 Å². The summed E-state index contributed by atoms with van der Waals surface area (Å²) in [7, 11) is -3.49. The number of rotatable bonds is 8. The molecule has 1 heterocycles. The molecule has 0 atom stereocenters. The van der Waals surface area contributed by atoms with Crippen LogP contribution in [0.25, 0.3) is 0 Å². The number of sulfonamides is 1. The van der Waals surface area contributed by atoms with Gasteiger partial charge in [-0.1, -0.05) is 13.8 Å². The molecule has 0 radical (unpaired) electrons. The van der Waals surface area contributed by atoms with E-state index in [4.69, 9.17) is 0 Å². The summed E-state index contributed by atoms with van der Waals surface area (Å²) in [6, 6.07) is 5.81. The average molecular weight is 381 g/mol. The van der Waals surface area contributed by atoms with Crippen LogP contribution >= 0.6 is 0 Å². The van der Waals surface area contributed by atoms with E-state index in [1.54, 1.807) is 0 Å². The van der Waals surface area contributed by atoms with E-state index in [0.29, 0.717) is 31.1 Å². The third kappa shape index (κ3) is 5.54. The molecule has 1 saturated heterocycles. The van der Waals surface area contributed by atoms with Gasteiger partial charge in [0.15, 0.2) is 0 Å². The fraction of sp³-hybridized carbons (Fsp3) is 0.556. The number of nitrogens with one attached hydrogen (secondary N) is 2. The molecular weight excluding hydrogens is 354 g/mol. The maximum absolute atomic E-state index is 12.5. The molecule has 0 unspecified atom stereocenters. The number of amides is 2. The maximum Gasteiger partial charge on any atom is 0.251 e. The normalized spacial score (nSPS) is 15.2. The summed E-state index contributed by atoms with van der Waals surface area (Å²) >= 11 is 0. The van der Waals surface area contributed by atoms with Gasteiger partial charge in [0.1, 0.15) is 0 Å². The Morgan fingerprint density at radius 2 is 1.69 bits per heavy atom. The lowest BCUT2D eigenvalue weighted by Crippen LogP contribution is -2.37. The van der Waals surface area contributed by atoms with Crippen LogP contribution in [-0.4, -0.2) is 50.7 Å². The molecule has 0 bridgehead atoms. The summed E-state index contributed by atoms with van der Waals surface area (Å²) in [4.78, 5) is 24.0. The first-order chi connectivity index (χ1) is 12.3. The highest BCUT2D eigenvalue weighted by molar-refractivity contribution is 7.89. The van der Waals surface area contributed by atoms with Gasteiger partial charge in [0.2, 0.25) is 15.9 Å². The monoisotopic (exact) mass is 381 g/mol. The second kappa shape index (κ2) is 9.14. The molecule has 26 heavy (non-hydrogen) atoms. The Hall–Kier alpha value is -1.93. The number of carbonyl (C=O) groups is 2. The smallest absolute Gasteiger partial charge is 0.251 e. The molecule has 1 aromatic carbocycles. The summed E-state index contributed by atoms with van der Waals surface area (Å²) in [5.41, 5.74) is 0.320. The molecule has 0 spiro atoms. The minimum atomic E-state index is -3.49. The van der Waals surface area contributed by atoms with E-state index in [0.717, 1.165) is 19.3 Å². The standard InChI is InChI=1S/C18H27N3O4S/c1-14(2)9-10-19-17(22)13-20-18(23)15-5-7-16(8-6-15)26(24,25)21-11-3-4-12-21/h5-8,14H,3-4,9-13H2,1-2H3,(H,19,22)(H,20,23). The summed E-state index contributed by atoms with van der Waals surface area (Å²) in [6.45, 7) is 5.69. The van der Waals surface area contributed by atoms with Crippen molar-refractivity contribution < 1.29 is 18.0 Å². The van der Waals surface area contributed by atoms with Crippen molar-refractivity contribution in [2.24, 2.45) is 5.92 Å². The van der Waals surface area contributed by atoms with Crippen LogP contribution in [0.3, 0.4) is 0 Å². The molecular formula is C18H27N3O4S. The number of hydrogen-bond acceptors (Lipinski definition) is 4. The Labute approximate surface area is 155 Å². The predicted molar refractivity (Wildman–Crippen MR) is 99.2 cm³/mol. The molecule has 8 heteroatoms. The molecule has 144 valence electrons. The van der Waals surface area contributed by atoms with Crippen molar-refractivity contribution in [2.45, 2.75) is 38.0 Å². The van der Waals surface area contributed by atoms with Crippen LogP contribution in [0.15, 0.2) is 29.2 Å². The van der Waals surface area contributed by atoms with Gasteiger partial charge < -0.3 is 10.6 Å². The molecule has 2 N–H and O–H groups in total. The van der Waals surface area contributed by atoms with Crippen LogP contribution < -0.4 is 10.6 Å². The van der Waals surface area contributed by atoms with Gasteiger partial charge in [0, 0.05) is 25.2 Å². The summed E-state index contributed by atoms with van der Waals surface area (Å²) < 4.78 is 26.4. The molecule has 2 amide bonds. The minimum Gasteiger partial charge on any atom is -0.355 e. The lowest BCUT2D eigenvalue weighted by molar-refractivity contribution is -0.120. The highest BCUT2D eigenvalue weighted by Crippen LogP contribution is 2.21. The van der Waals surface area contributed by atoms with Crippen molar-refractivity contribution in [2.75, 3.05) is 26.2 Å². The summed E-state index contributed by atoms with van der Waals surface area (Å²) in [5.74, 6) is -0.151. The van der Waals surface area contributed by atoms with E-state index in [1.165, 1.54) is 28.6 Å². The Morgan fingerprint density at radius 3 is 2.27 bits per heavy atom. The fourth-order valence-corrected chi connectivity index (χ4v) is 4.20. The first-order valence-corrected chi connectivity index (χ1v) is 10.4. The molecule has 0 saturated carbocycles. The van der Waals surface area contributed by atoms with Crippen molar-refractivity contribution in [1.29, 1.82) is 0 Å². The van der Waals surface area contributed by atoms with Gasteiger partial charge in [-0.3, -0.25) is 9.59 Å². The second-order valence-electron chi connectivity index (χ2n) is 6.85. The van der Waals surface area contributed by atoms with Gasteiger partial charge >= 0.3 is 0 Å². The van der Waals surface area contributed by atoms with Gasteiger partial charge in [-0.2, -0.15) is 4.31 Å². The Morgan fingerprint density at radius 1 is 1.08 bits per heavy atom. The fourth-order valence-electron chi connectivity index (χ4n) is 2.68. The molecule has 1 aromatic rings. The number of nitrogens with zero attached hydrogens (tertiary/aromatic N) is 1. The lowest BCUT2D eigenvalue weighted by atomic mass is 10.1. The predicted octanol–water partition coefficient (Wildman–Crippen LogP) is 1.36. The number of hydrogen-bond donors (Lipinski definition) is 2. The zero-order valence-corrected chi connectivity index (χ0v) is 16.1. The van der Waals surface area contributed by atoms with Crippen LogP contribution in [0.5, 0.6) is 0 Å². The number of benzene rings is 1. The molecule has 1 fully saturated rings. The lowest BCUT2D eigenvalue weighted by Gasteiger charge is -2.15. The third-order valence-corrected chi connectivity index (χ3v) is 6.19. The molecule has 0 aliphatic carbocycles. The van der Waals surface area contributed by atoms with E-state index < -0.39 is 15.9 Å². The zero-order chi connectivity index (χ0) is 19.2. The van der Waals surface area contributed by atoms with Crippen LogP contribution in [-0.2, 0) is 14.8 Å². The van der Waals surface area contributed by atoms with Gasteiger partial charge in [-0.15, -0.1) is 0 Å². The Kier molecular flexibility index (Phi) is 7.16. The quantitative estimate of drug-likeness (QED) is 0.711. The van der Waals surface area contributed by atoms with Crippen molar-refractivity contribution in [3.63, 3.8) is 0 Å². The zero-order valence-electron chi connectivity index (χ0n) is 15.3. The van der Waals surface area contributed by atoms with Gasteiger partial charge in [-0.05, 0) is 49.4 Å². The van der Waals surface area contributed by atoms with Crippen LogP contribution in [0.4, 0.5) is 0 Å².